The van der Waals surface area contributed by atoms with Crippen molar-refractivity contribution in [1.29, 1.82) is 0 Å². The van der Waals surface area contributed by atoms with Crippen LogP contribution in [0, 0.1) is 5.82 Å². The van der Waals surface area contributed by atoms with Gasteiger partial charge in [-0.3, -0.25) is 0 Å². The van der Waals surface area contributed by atoms with E-state index in [9.17, 15) is 9.50 Å². The summed E-state index contributed by atoms with van der Waals surface area (Å²) in [5.74, 6) is 0.564. The largest absolute Gasteiger partial charge is 0.494 e. The summed E-state index contributed by atoms with van der Waals surface area (Å²) in [5, 5.41) is 10.4. The smallest absolute Gasteiger partial charge is 0.165 e. The molecule has 0 aliphatic carbocycles. The molecule has 1 aliphatic rings. The summed E-state index contributed by atoms with van der Waals surface area (Å²) in [5.41, 5.74) is 2.46. The minimum Gasteiger partial charge on any atom is -0.494 e. The van der Waals surface area contributed by atoms with Crippen LogP contribution < -0.4 is 9.47 Å². The zero-order chi connectivity index (χ0) is 14.1. The van der Waals surface area contributed by atoms with Gasteiger partial charge in [0.05, 0.1) is 13.7 Å². The second-order valence-electron chi connectivity index (χ2n) is 4.76. The van der Waals surface area contributed by atoms with Crippen molar-refractivity contribution in [3.05, 3.63) is 58.9 Å². The van der Waals surface area contributed by atoms with Gasteiger partial charge >= 0.3 is 0 Å². The Hall–Kier alpha value is -2.07. The Balaban J connectivity index is 1.94. The van der Waals surface area contributed by atoms with E-state index in [0.29, 0.717) is 12.2 Å². The molecule has 0 radical (unpaired) electrons. The lowest BCUT2D eigenvalue weighted by atomic mass is 9.98. The normalized spacial score (nSPS) is 14.6. The number of benzene rings is 2. The maximum atomic E-state index is 13.4. The molecular weight excluding hydrogens is 259 g/mol. The van der Waals surface area contributed by atoms with Crippen LogP contribution in [0.4, 0.5) is 4.39 Å². The Morgan fingerprint density at radius 1 is 1.20 bits per heavy atom. The minimum absolute atomic E-state index is 0.131. The van der Waals surface area contributed by atoms with E-state index in [1.807, 2.05) is 18.2 Å². The summed E-state index contributed by atoms with van der Waals surface area (Å²) < 4.78 is 23.8. The molecule has 4 heteroatoms. The molecule has 104 valence electrons. The van der Waals surface area contributed by atoms with E-state index in [2.05, 4.69) is 0 Å². The predicted molar refractivity (Wildman–Crippen MR) is 72.7 cm³/mol. The highest BCUT2D eigenvalue weighted by Gasteiger charge is 2.17. The highest BCUT2D eigenvalue weighted by molar-refractivity contribution is 5.43. The summed E-state index contributed by atoms with van der Waals surface area (Å²) in [4.78, 5) is 0. The van der Waals surface area contributed by atoms with Crippen molar-refractivity contribution in [3.8, 4) is 11.5 Å². The van der Waals surface area contributed by atoms with Crippen LogP contribution in [0.15, 0.2) is 36.4 Å². The molecule has 1 aliphatic heterocycles. The first kappa shape index (κ1) is 12.9. The summed E-state index contributed by atoms with van der Waals surface area (Å²) in [6.45, 7) is 0.680. The van der Waals surface area contributed by atoms with Crippen molar-refractivity contribution in [3.63, 3.8) is 0 Å². The summed E-state index contributed by atoms with van der Waals surface area (Å²) >= 11 is 0. The minimum atomic E-state index is -0.810. The van der Waals surface area contributed by atoms with Crippen LogP contribution >= 0.6 is 0 Å². The van der Waals surface area contributed by atoms with E-state index >= 15 is 0 Å². The molecule has 2 aromatic rings. The maximum absolute atomic E-state index is 13.4. The zero-order valence-electron chi connectivity index (χ0n) is 11.1. The summed E-state index contributed by atoms with van der Waals surface area (Å²) in [6.07, 6.45) is 0.0400. The average molecular weight is 274 g/mol. The average Bonchev–Trinajstić information content (AvgIpc) is 2.94. The van der Waals surface area contributed by atoms with Crippen molar-refractivity contribution in [1.82, 2.24) is 0 Å². The molecule has 3 rings (SSSR count). The number of methoxy groups -OCH3 is 1. The second kappa shape index (κ2) is 5.13. The third kappa shape index (κ3) is 2.23. The molecule has 0 saturated heterocycles. The van der Waals surface area contributed by atoms with Crippen LogP contribution in [-0.4, -0.2) is 18.8 Å². The Morgan fingerprint density at radius 2 is 1.95 bits per heavy atom. The highest BCUT2D eigenvalue weighted by Crippen LogP contribution is 2.32. The number of hydrogen-bond donors (Lipinski definition) is 1. The van der Waals surface area contributed by atoms with Gasteiger partial charge in [0.1, 0.15) is 11.9 Å². The first-order valence-electron chi connectivity index (χ1n) is 6.46. The number of aliphatic hydroxyl groups excluding tert-OH is 1. The van der Waals surface area contributed by atoms with Crippen LogP contribution in [0.5, 0.6) is 11.5 Å². The predicted octanol–water partition coefficient (Wildman–Crippen LogP) is 2.85. The van der Waals surface area contributed by atoms with E-state index in [0.717, 1.165) is 23.3 Å². The number of ether oxygens (including phenoxy) is 2. The highest BCUT2D eigenvalue weighted by atomic mass is 19.1. The molecule has 0 bridgehead atoms. The topological polar surface area (TPSA) is 38.7 Å². The molecular formula is C16H15FO3. The standard InChI is InChI=1S/C16H15FO3/c1-19-15-9-12(2-4-13(15)17)16(18)11-3-5-14-10(8-11)6-7-20-14/h2-5,8-9,16,18H,6-7H2,1H3. The lowest BCUT2D eigenvalue weighted by Crippen LogP contribution is -2.01. The first-order chi connectivity index (χ1) is 9.69. The van der Waals surface area contributed by atoms with Gasteiger partial charge in [-0.05, 0) is 41.0 Å². The molecule has 3 nitrogen and oxygen atoms in total. The van der Waals surface area contributed by atoms with E-state index in [1.165, 1.54) is 19.2 Å². The Morgan fingerprint density at radius 3 is 2.75 bits per heavy atom. The molecule has 0 amide bonds. The van der Waals surface area contributed by atoms with Crippen molar-refractivity contribution < 1.29 is 19.0 Å². The molecule has 1 N–H and O–H groups in total. The van der Waals surface area contributed by atoms with Gasteiger partial charge in [-0.15, -0.1) is 0 Å². The number of halogens is 1. The van der Waals surface area contributed by atoms with E-state index < -0.39 is 11.9 Å². The summed E-state index contributed by atoms with van der Waals surface area (Å²) in [6, 6.07) is 10.00. The van der Waals surface area contributed by atoms with Gasteiger partial charge < -0.3 is 14.6 Å². The maximum Gasteiger partial charge on any atom is 0.165 e. The molecule has 1 heterocycles. The molecule has 2 aromatic carbocycles. The van der Waals surface area contributed by atoms with Crippen LogP contribution in [0.25, 0.3) is 0 Å². The fourth-order valence-corrected chi connectivity index (χ4v) is 2.42. The Bertz CT molecular complexity index is 629. The number of rotatable bonds is 3. The molecule has 0 aromatic heterocycles. The van der Waals surface area contributed by atoms with Gasteiger partial charge in [0.15, 0.2) is 11.6 Å². The van der Waals surface area contributed by atoms with E-state index in [-0.39, 0.29) is 5.75 Å². The number of aliphatic hydroxyl groups is 1. The van der Waals surface area contributed by atoms with Crippen LogP contribution in [0.1, 0.15) is 22.8 Å². The van der Waals surface area contributed by atoms with Crippen LogP contribution in [-0.2, 0) is 6.42 Å². The lowest BCUT2D eigenvalue weighted by molar-refractivity contribution is 0.219. The van der Waals surface area contributed by atoms with Gasteiger partial charge in [0.2, 0.25) is 0 Å². The molecule has 0 fully saturated rings. The fourth-order valence-electron chi connectivity index (χ4n) is 2.42. The van der Waals surface area contributed by atoms with Crippen molar-refractivity contribution in [2.24, 2.45) is 0 Å². The van der Waals surface area contributed by atoms with Gasteiger partial charge in [-0.1, -0.05) is 12.1 Å². The fraction of sp³-hybridized carbons (Fsp3) is 0.250. The van der Waals surface area contributed by atoms with Crippen LogP contribution in [0.2, 0.25) is 0 Å². The van der Waals surface area contributed by atoms with Crippen LogP contribution in [0.3, 0.4) is 0 Å². The van der Waals surface area contributed by atoms with Crippen molar-refractivity contribution in [2.45, 2.75) is 12.5 Å². The monoisotopic (exact) mass is 274 g/mol. The molecule has 1 atom stereocenters. The van der Waals surface area contributed by atoms with E-state index in [1.54, 1.807) is 6.07 Å². The molecule has 1 unspecified atom stereocenters. The van der Waals surface area contributed by atoms with E-state index in [4.69, 9.17) is 9.47 Å². The lowest BCUT2D eigenvalue weighted by Gasteiger charge is -2.14. The van der Waals surface area contributed by atoms with Crippen molar-refractivity contribution in [2.75, 3.05) is 13.7 Å². The van der Waals surface area contributed by atoms with Gasteiger partial charge in [0, 0.05) is 6.42 Å². The zero-order valence-corrected chi connectivity index (χ0v) is 11.1. The van der Waals surface area contributed by atoms with Gasteiger partial charge in [-0.2, -0.15) is 0 Å². The number of hydrogen-bond acceptors (Lipinski definition) is 3. The van der Waals surface area contributed by atoms with Gasteiger partial charge in [0.25, 0.3) is 0 Å². The SMILES string of the molecule is COc1cc(C(O)c2ccc3c(c2)CCO3)ccc1F. The molecule has 20 heavy (non-hydrogen) atoms. The Labute approximate surface area is 116 Å². The Kier molecular flexibility index (Phi) is 3.32. The molecule has 0 saturated carbocycles. The summed E-state index contributed by atoms with van der Waals surface area (Å²) in [7, 11) is 1.40. The quantitative estimate of drug-likeness (QED) is 0.935. The third-order valence-corrected chi connectivity index (χ3v) is 3.52. The van der Waals surface area contributed by atoms with Crippen molar-refractivity contribution >= 4 is 0 Å². The van der Waals surface area contributed by atoms with Gasteiger partial charge in [-0.25, -0.2) is 4.39 Å². The second-order valence-corrected chi connectivity index (χ2v) is 4.76. The first-order valence-corrected chi connectivity index (χ1v) is 6.46. The number of fused-ring (bicyclic) bond motifs is 1. The molecule has 0 spiro atoms. The third-order valence-electron chi connectivity index (χ3n) is 3.52.